The Balaban J connectivity index is 1.51. The molecular formula is C30H18F3NO4. The fraction of sp³-hybridized carbons (Fsp3) is 0.0667. The molecule has 0 spiro atoms. The van der Waals surface area contributed by atoms with Crippen molar-refractivity contribution < 1.29 is 32.2 Å². The number of nitrogens with zero attached hydrogens (tertiary/aromatic N) is 1. The number of carbonyl (C=O) groups excluding carboxylic acids is 1. The SMILES string of the molecule is O=C(c1ccccc1)c1cnc2c(C(F)(F)F)cccc2c1-c1cccc(Oc2ccc3c(c2)OCO3)c1. The number of carbonyl (C=O) groups is 1. The second-order valence-electron chi connectivity index (χ2n) is 8.59. The van der Waals surface area contributed by atoms with Crippen molar-refractivity contribution >= 4 is 16.7 Å². The third-order valence-electron chi connectivity index (χ3n) is 6.19. The monoisotopic (exact) mass is 513 g/mol. The highest BCUT2D eigenvalue weighted by Crippen LogP contribution is 2.41. The Hall–Kier alpha value is -4.85. The van der Waals surface area contributed by atoms with Crippen LogP contribution in [0.5, 0.6) is 23.0 Å². The zero-order valence-corrected chi connectivity index (χ0v) is 19.7. The smallest absolute Gasteiger partial charge is 0.418 e. The summed E-state index contributed by atoms with van der Waals surface area (Å²) < 4.78 is 58.3. The van der Waals surface area contributed by atoms with E-state index < -0.39 is 11.7 Å². The zero-order chi connectivity index (χ0) is 26.3. The van der Waals surface area contributed by atoms with Crippen LogP contribution in [-0.4, -0.2) is 17.6 Å². The summed E-state index contributed by atoms with van der Waals surface area (Å²) in [4.78, 5) is 17.6. The van der Waals surface area contributed by atoms with Gasteiger partial charge in [0.15, 0.2) is 17.3 Å². The molecule has 0 aliphatic carbocycles. The second-order valence-corrected chi connectivity index (χ2v) is 8.59. The minimum atomic E-state index is -4.61. The van der Waals surface area contributed by atoms with Gasteiger partial charge in [0, 0.05) is 34.3 Å². The van der Waals surface area contributed by atoms with Gasteiger partial charge in [0.2, 0.25) is 6.79 Å². The van der Waals surface area contributed by atoms with E-state index in [2.05, 4.69) is 4.98 Å². The molecule has 8 heteroatoms. The Kier molecular flexibility index (Phi) is 5.72. The van der Waals surface area contributed by atoms with E-state index in [0.717, 1.165) is 6.07 Å². The lowest BCUT2D eigenvalue weighted by Gasteiger charge is -2.16. The summed E-state index contributed by atoms with van der Waals surface area (Å²) >= 11 is 0. The van der Waals surface area contributed by atoms with Crippen LogP contribution in [0.15, 0.2) is 97.2 Å². The Morgan fingerprint density at radius 3 is 2.39 bits per heavy atom. The molecule has 0 fully saturated rings. The van der Waals surface area contributed by atoms with Gasteiger partial charge in [-0.05, 0) is 35.9 Å². The van der Waals surface area contributed by atoms with E-state index in [9.17, 15) is 18.0 Å². The summed E-state index contributed by atoms with van der Waals surface area (Å²) in [6, 6.07) is 24.4. The molecule has 5 aromatic rings. The number of rotatable bonds is 5. The van der Waals surface area contributed by atoms with Crippen LogP contribution in [0.25, 0.3) is 22.0 Å². The van der Waals surface area contributed by atoms with Crippen LogP contribution < -0.4 is 14.2 Å². The maximum Gasteiger partial charge on any atom is 0.418 e. The van der Waals surface area contributed by atoms with E-state index in [1.54, 1.807) is 78.9 Å². The lowest BCUT2D eigenvalue weighted by Crippen LogP contribution is -2.09. The third kappa shape index (κ3) is 4.30. The predicted octanol–water partition coefficient (Wildman–Crippen LogP) is 7.67. The van der Waals surface area contributed by atoms with Gasteiger partial charge in [-0.25, -0.2) is 0 Å². The number of aromatic nitrogens is 1. The van der Waals surface area contributed by atoms with Crippen molar-refractivity contribution in [1.29, 1.82) is 0 Å². The molecule has 0 saturated carbocycles. The Labute approximate surface area is 215 Å². The summed E-state index contributed by atoms with van der Waals surface area (Å²) in [5, 5.41) is 0.210. The Morgan fingerprint density at radius 1 is 0.816 bits per heavy atom. The second kappa shape index (κ2) is 9.23. The van der Waals surface area contributed by atoms with E-state index in [4.69, 9.17) is 14.2 Å². The van der Waals surface area contributed by atoms with E-state index in [0.29, 0.717) is 39.7 Å². The number of pyridine rings is 1. The molecule has 0 bridgehead atoms. The maximum atomic E-state index is 13.8. The van der Waals surface area contributed by atoms with Crippen molar-refractivity contribution in [2.24, 2.45) is 0 Å². The van der Waals surface area contributed by atoms with E-state index in [1.807, 2.05) is 0 Å². The minimum Gasteiger partial charge on any atom is -0.457 e. The van der Waals surface area contributed by atoms with Crippen molar-refractivity contribution in [3.05, 3.63) is 114 Å². The summed E-state index contributed by atoms with van der Waals surface area (Å²) in [5.74, 6) is 1.73. The van der Waals surface area contributed by atoms with Crippen molar-refractivity contribution in [3.63, 3.8) is 0 Å². The van der Waals surface area contributed by atoms with Crippen LogP contribution in [0.4, 0.5) is 13.2 Å². The summed E-state index contributed by atoms with van der Waals surface area (Å²) in [6.45, 7) is 0.127. The molecule has 0 N–H and O–H groups in total. The molecule has 1 aliphatic heterocycles. The van der Waals surface area contributed by atoms with Crippen molar-refractivity contribution in [2.45, 2.75) is 6.18 Å². The molecule has 1 aliphatic rings. The van der Waals surface area contributed by atoms with E-state index in [1.165, 1.54) is 12.3 Å². The predicted molar refractivity (Wildman–Crippen MR) is 135 cm³/mol. The highest BCUT2D eigenvalue weighted by atomic mass is 19.4. The molecule has 0 saturated heterocycles. The summed E-state index contributed by atoms with van der Waals surface area (Å²) in [5.41, 5.74) is 0.322. The first-order valence-electron chi connectivity index (χ1n) is 11.6. The molecule has 0 radical (unpaired) electrons. The van der Waals surface area contributed by atoms with Crippen molar-refractivity contribution in [1.82, 2.24) is 4.98 Å². The number of halogens is 3. The van der Waals surface area contributed by atoms with Gasteiger partial charge < -0.3 is 14.2 Å². The summed E-state index contributed by atoms with van der Waals surface area (Å²) in [7, 11) is 0. The van der Waals surface area contributed by atoms with Crippen LogP contribution >= 0.6 is 0 Å². The van der Waals surface area contributed by atoms with Crippen molar-refractivity contribution in [3.8, 4) is 34.1 Å². The average Bonchev–Trinajstić information content (AvgIpc) is 3.40. The standard InChI is InChI=1S/C30H18F3NO4/c31-30(32,33)24-11-5-10-22-27(23(16-34-28(22)24)29(35)18-6-2-1-3-7-18)19-8-4-9-20(14-19)38-21-12-13-25-26(15-21)37-17-36-25/h1-16H,17H2. The van der Waals surface area contributed by atoms with Gasteiger partial charge in [-0.15, -0.1) is 0 Å². The summed E-state index contributed by atoms with van der Waals surface area (Å²) in [6.07, 6.45) is -3.40. The Morgan fingerprint density at radius 2 is 1.58 bits per heavy atom. The van der Waals surface area contributed by atoms with Gasteiger partial charge in [0.1, 0.15) is 11.5 Å². The highest BCUT2D eigenvalue weighted by Gasteiger charge is 2.34. The molecule has 2 heterocycles. The van der Waals surface area contributed by atoms with Crippen LogP contribution in [0.1, 0.15) is 21.5 Å². The average molecular weight is 513 g/mol. The van der Waals surface area contributed by atoms with Crippen LogP contribution in [0.2, 0.25) is 0 Å². The van der Waals surface area contributed by atoms with Crippen LogP contribution in [0.3, 0.4) is 0 Å². The fourth-order valence-corrected chi connectivity index (χ4v) is 4.47. The largest absolute Gasteiger partial charge is 0.457 e. The topological polar surface area (TPSA) is 57.7 Å². The van der Waals surface area contributed by atoms with Crippen LogP contribution in [-0.2, 0) is 6.18 Å². The number of alkyl halides is 3. The van der Waals surface area contributed by atoms with Gasteiger partial charge in [-0.1, -0.05) is 54.6 Å². The van der Waals surface area contributed by atoms with E-state index in [-0.39, 0.29) is 29.0 Å². The van der Waals surface area contributed by atoms with Gasteiger partial charge in [-0.3, -0.25) is 9.78 Å². The number of ketones is 1. The van der Waals surface area contributed by atoms with Gasteiger partial charge >= 0.3 is 6.18 Å². The molecule has 0 amide bonds. The molecule has 1 aromatic heterocycles. The molecule has 0 unspecified atom stereocenters. The first kappa shape index (κ1) is 23.5. The molecule has 6 rings (SSSR count). The number of para-hydroxylation sites is 1. The number of fused-ring (bicyclic) bond motifs is 2. The van der Waals surface area contributed by atoms with Crippen LogP contribution in [0, 0.1) is 0 Å². The number of hydrogen-bond donors (Lipinski definition) is 0. The fourth-order valence-electron chi connectivity index (χ4n) is 4.47. The number of hydrogen-bond acceptors (Lipinski definition) is 5. The minimum absolute atomic E-state index is 0.127. The molecule has 4 aromatic carbocycles. The quantitative estimate of drug-likeness (QED) is 0.226. The first-order valence-corrected chi connectivity index (χ1v) is 11.6. The number of benzene rings is 4. The molecular weight excluding hydrogens is 495 g/mol. The van der Waals surface area contributed by atoms with Gasteiger partial charge in [-0.2, -0.15) is 13.2 Å². The van der Waals surface area contributed by atoms with E-state index >= 15 is 0 Å². The molecule has 0 atom stereocenters. The van der Waals surface area contributed by atoms with Gasteiger partial charge in [0.25, 0.3) is 0 Å². The lowest BCUT2D eigenvalue weighted by atomic mass is 9.91. The first-order chi connectivity index (χ1) is 18.4. The Bertz CT molecular complexity index is 1680. The number of ether oxygens (including phenoxy) is 3. The zero-order valence-electron chi connectivity index (χ0n) is 19.7. The maximum absolute atomic E-state index is 13.8. The third-order valence-corrected chi connectivity index (χ3v) is 6.19. The van der Waals surface area contributed by atoms with Gasteiger partial charge in [0.05, 0.1) is 11.1 Å². The van der Waals surface area contributed by atoms with Crippen molar-refractivity contribution in [2.75, 3.05) is 6.79 Å². The molecule has 5 nitrogen and oxygen atoms in total. The lowest BCUT2D eigenvalue weighted by molar-refractivity contribution is -0.136. The molecule has 38 heavy (non-hydrogen) atoms. The normalized spacial score (nSPS) is 12.5. The highest BCUT2D eigenvalue weighted by molar-refractivity contribution is 6.16. The molecule has 188 valence electrons.